The van der Waals surface area contributed by atoms with Crippen LogP contribution < -0.4 is 15.3 Å². The van der Waals surface area contributed by atoms with Crippen molar-refractivity contribution >= 4 is 12.2 Å². The molecule has 0 fully saturated rings. The molecule has 3 aromatic carbocycles. The van der Waals surface area contributed by atoms with E-state index in [1.165, 1.54) is 5.56 Å². The number of rotatable bonds is 9. The quantitative estimate of drug-likeness (QED) is 0.527. The van der Waals surface area contributed by atoms with Crippen LogP contribution in [0.5, 0.6) is 5.75 Å². The molecule has 0 saturated carbocycles. The Balaban J connectivity index is 1.52. The Hall–Kier alpha value is -3.60. The van der Waals surface area contributed by atoms with Gasteiger partial charge < -0.3 is 14.7 Å². The van der Waals surface area contributed by atoms with Crippen LogP contribution in [0.2, 0.25) is 0 Å². The minimum absolute atomic E-state index is 0.116. The van der Waals surface area contributed by atoms with E-state index < -0.39 is 12.1 Å². The van der Waals surface area contributed by atoms with Crippen LogP contribution in [0.3, 0.4) is 0 Å². The zero-order valence-electron chi connectivity index (χ0n) is 19.1. The van der Waals surface area contributed by atoms with E-state index in [0.717, 1.165) is 41.9 Å². The first-order chi connectivity index (χ1) is 16.0. The second kappa shape index (κ2) is 10.3. The minimum Gasteiger partial charge on any atom is -0.478 e. The van der Waals surface area contributed by atoms with Crippen molar-refractivity contribution in [1.29, 1.82) is 0 Å². The van der Waals surface area contributed by atoms with Crippen molar-refractivity contribution in [2.75, 3.05) is 0 Å². The van der Waals surface area contributed by atoms with E-state index in [9.17, 15) is 9.90 Å². The lowest BCUT2D eigenvalue weighted by atomic mass is 10.1. The van der Waals surface area contributed by atoms with E-state index in [0.29, 0.717) is 11.3 Å². The number of benzene rings is 3. The summed E-state index contributed by atoms with van der Waals surface area (Å²) in [6.07, 6.45) is 4.57. The van der Waals surface area contributed by atoms with Gasteiger partial charge >= 0.3 is 5.97 Å². The van der Waals surface area contributed by atoms with Crippen LogP contribution >= 0.6 is 0 Å². The van der Waals surface area contributed by atoms with E-state index >= 15 is 0 Å². The van der Waals surface area contributed by atoms with Gasteiger partial charge in [0.15, 0.2) is 0 Å². The van der Waals surface area contributed by atoms with Gasteiger partial charge in [0.2, 0.25) is 6.10 Å². The predicted octanol–water partition coefficient (Wildman–Crippen LogP) is 4.59. The van der Waals surface area contributed by atoms with Crippen molar-refractivity contribution in [2.45, 2.75) is 51.9 Å². The molecule has 1 N–H and O–H groups in total. The average molecular weight is 443 g/mol. The second-order valence-corrected chi connectivity index (χ2v) is 8.51. The number of hydrogen-bond acceptors (Lipinski definition) is 4. The molecule has 170 valence electrons. The van der Waals surface area contributed by atoms with Crippen LogP contribution in [-0.4, -0.2) is 22.1 Å². The summed E-state index contributed by atoms with van der Waals surface area (Å²) < 4.78 is 5.80. The standard InChI is InChI=1S/C28H30N2O3/c1-3-4-10-26-29-25-16-11-20(2)17-23(25)19-30(26)18-21-12-14-24(15-13-21)33-27(28(31)32)22-8-6-5-7-9-22/h5-9,11-17,19,26-27H,3-4,10,18H2,1-2H3,(H,31,32). The molecular formula is C28H30N2O3. The molecule has 0 aromatic heterocycles. The highest BCUT2D eigenvalue weighted by Gasteiger charge is 2.22. The van der Waals surface area contributed by atoms with Gasteiger partial charge in [-0.2, -0.15) is 0 Å². The van der Waals surface area contributed by atoms with Crippen molar-refractivity contribution in [3.05, 3.63) is 100 Å². The van der Waals surface area contributed by atoms with Crippen molar-refractivity contribution in [3.63, 3.8) is 0 Å². The number of nitrogens with zero attached hydrogens (tertiary/aromatic N) is 2. The third-order valence-corrected chi connectivity index (χ3v) is 5.84. The zero-order chi connectivity index (χ0) is 23.2. The Morgan fingerprint density at radius 3 is 2.55 bits per heavy atom. The summed E-state index contributed by atoms with van der Waals surface area (Å²) >= 11 is 0. The lowest BCUT2D eigenvalue weighted by molar-refractivity contribution is -0.145. The molecule has 5 nitrogen and oxygen atoms in total. The monoisotopic (exact) mass is 442 g/mol. The third-order valence-electron chi connectivity index (χ3n) is 5.84. The fraction of sp³-hybridized carbons (Fsp3) is 0.286. The maximum atomic E-state index is 11.7. The van der Waals surface area contributed by atoms with Crippen molar-refractivity contribution in [2.24, 2.45) is 4.99 Å². The lowest BCUT2D eigenvalue weighted by Crippen LogP contribution is -2.41. The van der Waals surface area contributed by atoms with Crippen molar-refractivity contribution in [1.82, 2.24) is 4.90 Å². The Morgan fingerprint density at radius 1 is 1.09 bits per heavy atom. The number of ether oxygens (including phenoxy) is 1. The molecule has 2 atom stereocenters. The predicted molar refractivity (Wildman–Crippen MR) is 129 cm³/mol. The molecule has 0 bridgehead atoms. The lowest BCUT2D eigenvalue weighted by Gasteiger charge is -2.30. The molecule has 4 rings (SSSR count). The molecular weight excluding hydrogens is 412 g/mol. The van der Waals surface area contributed by atoms with Gasteiger partial charge in [0.05, 0.1) is 5.36 Å². The number of carboxylic acids is 1. The summed E-state index contributed by atoms with van der Waals surface area (Å²) in [5, 5.41) is 11.8. The highest BCUT2D eigenvalue weighted by Crippen LogP contribution is 2.24. The smallest absolute Gasteiger partial charge is 0.349 e. The summed E-state index contributed by atoms with van der Waals surface area (Å²) in [6.45, 7) is 5.03. The van der Waals surface area contributed by atoms with Gasteiger partial charge in [-0.15, -0.1) is 0 Å². The molecule has 1 heterocycles. The van der Waals surface area contributed by atoms with E-state index in [4.69, 9.17) is 9.73 Å². The first kappa shape index (κ1) is 22.6. The highest BCUT2D eigenvalue weighted by molar-refractivity contribution is 5.74. The van der Waals surface area contributed by atoms with Crippen LogP contribution in [0, 0.1) is 6.92 Å². The van der Waals surface area contributed by atoms with E-state index in [2.05, 4.69) is 43.1 Å². The van der Waals surface area contributed by atoms with Gasteiger partial charge in [0, 0.05) is 23.5 Å². The minimum atomic E-state index is -1.04. The normalized spacial score (nSPS) is 15.7. The maximum Gasteiger partial charge on any atom is 0.349 e. The number of carbonyl (C=O) groups is 1. The molecule has 2 unspecified atom stereocenters. The van der Waals surface area contributed by atoms with Gasteiger partial charge in [0.25, 0.3) is 0 Å². The first-order valence-corrected chi connectivity index (χ1v) is 11.5. The molecule has 1 aliphatic rings. The molecule has 0 amide bonds. The van der Waals surface area contributed by atoms with Crippen LogP contribution in [0.15, 0.2) is 77.8 Å². The van der Waals surface area contributed by atoms with Crippen LogP contribution in [-0.2, 0) is 11.3 Å². The number of hydrogen-bond donors (Lipinski definition) is 1. The van der Waals surface area contributed by atoms with Crippen molar-refractivity contribution < 1.29 is 14.6 Å². The molecule has 0 saturated heterocycles. The zero-order valence-corrected chi connectivity index (χ0v) is 19.1. The van der Waals surface area contributed by atoms with Crippen LogP contribution in [0.4, 0.5) is 0 Å². The van der Waals surface area contributed by atoms with Crippen LogP contribution in [0.1, 0.15) is 49.0 Å². The number of aliphatic carboxylic acids is 1. The molecule has 5 heteroatoms. The third kappa shape index (κ3) is 5.61. The summed E-state index contributed by atoms with van der Waals surface area (Å²) in [6, 6.07) is 23.1. The van der Waals surface area contributed by atoms with Gasteiger partial charge in [-0.25, -0.2) is 4.79 Å². The van der Waals surface area contributed by atoms with E-state index in [1.54, 1.807) is 12.1 Å². The number of unbranched alkanes of at least 4 members (excludes halogenated alkanes) is 1. The fourth-order valence-electron chi connectivity index (χ4n) is 4.07. The van der Waals surface area contributed by atoms with Gasteiger partial charge in [0.1, 0.15) is 11.9 Å². The Kier molecular flexibility index (Phi) is 7.08. The van der Waals surface area contributed by atoms with Crippen molar-refractivity contribution in [3.8, 4) is 5.75 Å². The van der Waals surface area contributed by atoms with E-state index in [-0.39, 0.29) is 6.17 Å². The summed E-state index contributed by atoms with van der Waals surface area (Å²) in [5.74, 6) is -0.478. The number of fused-ring (bicyclic) bond motifs is 1. The molecule has 33 heavy (non-hydrogen) atoms. The maximum absolute atomic E-state index is 11.7. The SMILES string of the molecule is CCCCC1N=c2ccc(C)cc2=CN1Cc1ccc(OC(C(=O)O)c2ccccc2)cc1. The Labute approximate surface area is 194 Å². The van der Waals surface area contributed by atoms with E-state index in [1.807, 2.05) is 42.5 Å². The summed E-state index contributed by atoms with van der Waals surface area (Å²) in [5.41, 5.74) is 2.96. The number of aryl methyl sites for hydroxylation is 1. The average Bonchev–Trinajstić information content (AvgIpc) is 2.82. The summed E-state index contributed by atoms with van der Waals surface area (Å²) in [4.78, 5) is 19.1. The Bertz CT molecular complexity index is 1210. The summed E-state index contributed by atoms with van der Waals surface area (Å²) in [7, 11) is 0. The topological polar surface area (TPSA) is 62.1 Å². The van der Waals surface area contributed by atoms with Gasteiger partial charge in [-0.05, 0) is 49.6 Å². The largest absolute Gasteiger partial charge is 0.478 e. The molecule has 0 radical (unpaired) electrons. The highest BCUT2D eigenvalue weighted by atomic mass is 16.5. The second-order valence-electron chi connectivity index (χ2n) is 8.51. The molecule has 1 aliphatic heterocycles. The van der Waals surface area contributed by atoms with Gasteiger partial charge in [-0.3, -0.25) is 4.99 Å². The Morgan fingerprint density at radius 2 is 1.85 bits per heavy atom. The first-order valence-electron chi connectivity index (χ1n) is 11.5. The van der Waals surface area contributed by atoms with Crippen LogP contribution in [0.25, 0.3) is 6.20 Å². The molecule has 0 spiro atoms. The molecule has 3 aromatic rings. The number of carboxylic acid groups (broad SMARTS) is 1. The fourth-order valence-corrected chi connectivity index (χ4v) is 4.07. The van der Waals surface area contributed by atoms with Gasteiger partial charge in [-0.1, -0.05) is 67.4 Å². The molecule has 0 aliphatic carbocycles.